The van der Waals surface area contributed by atoms with Gasteiger partial charge in [-0.25, -0.2) is 4.79 Å². The molecular weight excluding hydrogens is 284 g/mol. The van der Waals surface area contributed by atoms with E-state index in [1.54, 1.807) is 4.90 Å². The van der Waals surface area contributed by atoms with Crippen molar-refractivity contribution in [1.29, 1.82) is 0 Å². The zero-order valence-electron chi connectivity index (χ0n) is 11.4. The topological polar surface area (TPSA) is 139 Å². The van der Waals surface area contributed by atoms with Gasteiger partial charge in [0.1, 0.15) is 13.1 Å². The zero-order chi connectivity index (χ0) is 15.8. The van der Waals surface area contributed by atoms with Gasteiger partial charge in [0.2, 0.25) is 5.91 Å². The number of carbonyl (C=O) groups is 4. The molecule has 0 aromatic heterocycles. The van der Waals surface area contributed by atoms with E-state index in [2.05, 4.69) is 10.6 Å². The van der Waals surface area contributed by atoms with E-state index in [0.717, 1.165) is 0 Å². The van der Waals surface area contributed by atoms with Crippen molar-refractivity contribution in [2.75, 3.05) is 45.8 Å². The Morgan fingerprint density at radius 2 is 1.57 bits per heavy atom. The summed E-state index contributed by atoms with van der Waals surface area (Å²) in [6.07, 6.45) is 0. The average molecular weight is 302 g/mol. The highest BCUT2D eigenvalue weighted by atomic mass is 16.4. The van der Waals surface area contributed by atoms with Crippen molar-refractivity contribution in [1.82, 2.24) is 20.4 Å². The van der Waals surface area contributed by atoms with Crippen LogP contribution in [0.5, 0.6) is 0 Å². The van der Waals surface area contributed by atoms with E-state index in [1.807, 2.05) is 0 Å². The summed E-state index contributed by atoms with van der Waals surface area (Å²) in [5, 5.41) is 22.6. The monoisotopic (exact) mass is 302 g/mol. The van der Waals surface area contributed by atoms with Crippen molar-refractivity contribution in [3.63, 3.8) is 0 Å². The van der Waals surface area contributed by atoms with Crippen molar-refractivity contribution < 1.29 is 29.4 Å². The first kappa shape index (κ1) is 16.7. The highest BCUT2D eigenvalue weighted by Crippen LogP contribution is 1.94. The van der Waals surface area contributed by atoms with Gasteiger partial charge in [-0.05, 0) is 0 Å². The summed E-state index contributed by atoms with van der Waals surface area (Å²) in [5.41, 5.74) is 0. The molecule has 118 valence electrons. The smallest absolute Gasteiger partial charge is 0.323 e. The minimum atomic E-state index is -1.33. The molecule has 0 unspecified atom stereocenters. The minimum Gasteiger partial charge on any atom is -0.480 e. The van der Waals surface area contributed by atoms with Crippen LogP contribution in [0.3, 0.4) is 0 Å². The molecule has 0 aromatic carbocycles. The summed E-state index contributed by atoms with van der Waals surface area (Å²) < 4.78 is 0. The highest BCUT2D eigenvalue weighted by molar-refractivity contribution is 5.87. The highest BCUT2D eigenvalue weighted by Gasteiger charge is 2.21. The van der Waals surface area contributed by atoms with Gasteiger partial charge >= 0.3 is 18.0 Å². The lowest BCUT2D eigenvalue weighted by atomic mass is 10.3. The van der Waals surface area contributed by atoms with E-state index < -0.39 is 31.1 Å². The number of nitrogens with zero attached hydrogens (tertiary/aromatic N) is 2. The molecule has 1 aliphatic rings. The van der Waals surface area contributed by atoms with Crippen LogP contribution in [-0.4, -0.2) is 89.7 Å². The lowest BCUT2D eigenvalue weighted by molar-refractivity contribution is -0.140. The normalized spacial score (nSPS) is 14.4. The molecule has 10 heteroatoms. The van der Waals surface area contributed by atoms with Gasteiger partial charge in [-0.3, -0.25) is 14.4 Å². The molecule has 0 aliphatic carbocycles. The standard InChI is InChI=1S/C11H18N4O6/c16-8(14-3-1-12-2-4-14)5-13-11(21)15(6-9(17)18)7-10(19)20/h12H,1-7H2,(H,13,21)(H,17,18)(H,19,20). The van der Waals surface area contributed by atoms with Gasteiger partial charge in [-0.1, -0.05) is 0 Å². The minimum absolute atomic E-state index is 0.296. The third-order valence-electron chi connectivity index (χ3n) is 2.80. The molecule has 1 heterocycles. The molecule has 10 nitrogen and oxygen atoms in total. The lowest BCUT2D eigenvalue weighted by Gasteiger charge is -2.28. The number of aliphatic carboxylic acids is 2. The third kappa shape index (κ3) is 6.08. The van der Waals surface area contributed by atoms with Crippen LogP contribution in [-0.2, 0) is 14.4 Å². The quantitative estimate of drug-likeness (QED) is 0.429. The predicted molar refractivity (Wildman–Crippen MR) is 69.7 cm³/mol. The van der Waals surface area contributed by atoms with Gasteiger partial charge in [0.25, 0.3) is 0 Å². The number of rotatable bonds is 6. The maximum atomic E-state index is 11.8. The van der Waals surface area contributed by atoms with E-state index in [4.69, 9.17) is 10.2 Å². The Hall–Kier alpha value is -2.36. The van der Waals surface area contributed by atoms with Crippen molar-refractivity contribution in [3.05, 3.63) is 0 Å². The summed E-state index contributed by atoms with van der Waals surface area (Å²) >= 11 is 0. The molecule has 1 fully saturated rings. The number of carboxylic acid groups (broad SMARTS) is 2. The number of amides is 3. The Labute approximate surface area is 120 Å². The third-order valence-corrected chi connectivity index (χ3v) is 2.80. The number of hydrogen-bond donors (Lipinski definition) is 4. The Balaban J connectivity index is 2.46. The summed E-state index contributed by atoms with van der Waals surface area (Å²) in [6.45, 7) is 0.605. The van der Waals surface area contributed by atoms with Crippen LogP contribution in [0.1, 0.15) is 0 Å². The molecule has 4 N–H and O–H groups in total. The molecule has 0 bridgehead atoms. The Morgan fingerprint density at radius 3 is 2.05 bits per heavy atom. The molecule has 0 radical (unpaired) electrons. The molecule has 0 aromatic rings. The number of piperazine rings is 1. The van der Waals surface area contributed by atoms with Crippen LogP contribution in [0.25, 0.3) is 0 Å². The summed E-state index contributed by atoms with van der Waals surface area (Å²) in [6, 6.07) is -0.900. The van der Waals surface area contributed by atoms with Crippen LogP contribution in [0, 0.1) is 0 Å². The van der Waals surface area contributed by atoms with Crippen molar-refractivity contribution in [2.45, 2.75) is 0 Å². The second kappa shape index (κ2) is 8.04. The first-order chi connectivity index (χ1) is 9.90. The molecule has 3 amide bonds. The summed E-state index contributed by atoms with van der Waals surface area (Å²) in [4.78, 5) is 46.8. The van der Waals surface area contributed by atoms with Gasteiger partial charge in [0.15, 0.2) is 0 Å². The maximum Gasteiger partial charge on any atom is 0.323 e. The van der Waals surface area contributed by atoms with Crippen molar-refractivity contribution in [2.24, 2.45) is 0 Å². The van der Waals surface area contributed by atoms with Crippen LogP contribution in [0.4, 0.5) is 4.79 Å². The number of urea groups is 1. The van der Waals surface area contributed by atoms with E-state index in [-0.39, 0.29) is 12.5 Å². The second-order valence-electron chi connectivity index (χ2n) is 4.43. The number of carbonyl (C=O) groups excluding carboxylic acids is 2. The van der Waals surface area contributed by atoms with Gasteiger partial charge in [-0.2, -0.15) is 0 Å². The molecule has 0 atom stereocenters. The molecule has 21 heavy (non-hydrogen) atoms. The molecule has 1 aliphatic heterocycles. The molecular formula is C11H18N4O6. The molecule has 1 rings (SSSR count). The number of carboxylic acids is 2. The predicted octanol–water partition coefficient (Wildman–Crippen LogP) is -2.40. The van der Waals surface area contributed by atoms with Crippen LogP contribution in [0.15, 0.2) is 0 Å². The molecule has 0 saturated carbocycles. The van der Waals surface area contributed by atoms with E-state index >= 15 is 0 Å². The summed E-state index contributed by atoms with van der Waals surface area (Å²) in [7, 11) is 0. The van der Waals surface area contributed by atoms with Crippen LogP contribution < -0.4 is 10.6 Å². The van der Waals surface area contributed by atoms with Crippen LogP contribution >= 0.6 is 0 Å². The van der Waals surface area contributed by atoms with E-state index in [1.165, 1.54) is 0 Å². The maximum absolute atomic E-state index is 11.8. The van der Waals surface area contributed by atoms with Gasteiger partial charge in [-0.15, -0.1) is 0 Å². The Bertz CT molecular complexity index is 405. The zero-order valence-corrected chi connectivity index (χ0v) is 11.4. The largest absolute Gasteiger partial charge is 0.480 e. The lowest BCUT2D eigenvalue weighted by Crippen LogP contribution is -2.52. The fourth-order valence-electron chi connectivity index (χ4n) is 1.82. The first-order valence-electron chi connectivity index (χ1n) is 6.35. The van der Waals surface area contributed by atoms with Gasteiger partial charge in [0.05, 0.1) is 6.54 Å². The van der Waals surface area contributed by atoms with Crippen molar-refractivity contribution >= 4 is 23.9 Å². The molecule has 1 saturated heterocycles. The number of hydrogen-bond acceptors (Lipinski definition) is 5. The number of nitrogens with one attached hydrogen (secondary N) is 2. The SMILES string of the molecule is O=C(O)CN(CC(=O)O)C(=O)NCC(=O)N1CCNCC1. The van der Waals surface area contributed by atoms with Crippen LogP contribution in [0.2, 0.25) is 0 Å². The van der Waals surface area contributed by atoms with E-state index in [9.17, 15) is 19.2 Å². The fourth-order valence-corrected chi connectivity index (χ4v) is 1.82. The van der Waals surface area contributed by atoms with E-state index in [0.29, 0.717) is 31.1 Å². The Morgan fingerprint density at radius 1 is 1.05 bits per heavy atom. The Kier molecular flexibility index (Phi) is 6.40. The summed E-state index contributed by atoms with van der Waals surface area (Å²) in [5.74, 6) is -2.96. The average Bonchev–Trinajstić information content (AvgIpc) is 2.43. The first-order valence-corrected chi connectivity index (χ1v) is 6.35. The van der Waals surface area contributed by atoms with Crippen molar-refractivity contribution in [3.8, 4) is 0 Å². The fraction of sp³-hybridized carbons (Fsp3) is 0.636. The molecule has 0 spiro atoms. The van der Waals surface area contributed by atoms with Gasteiger partial charge in [0, 0.05) is 26.2 Å². The van der Waals surface area contributed by atoms with Gasteiger partial charge < -0.3 is 30.6 Å². The second-order valence-corrected chi connectivity index (χ2v) is 4.43.